The minimum absolute atomic E-state index is 0.150. The predicted molar refractivity (Wildman–Crippen MR) is 145 cm³/mol. The van der Waals surface area contributed by atoms with E-state index in [0.717, 1.165) is 42.0 Å². The third kappa shape index (κ3) is 7.40. The van der Waals surface area contributed by atoms with E-state index in [9.17, 15) is 8.78 Å². The molecule has 0 bridgehead atoms. The molecule has 1 aromatic heterocycles. The SMILES string of the molecule is CCCCn1c(-c2ccccc2)nc(Cl)c1CN(Cc1ccc(OC(F)F)cc1)Cc1cccc(C)c1. The van der Waals surface area contributed by atoms with Crippen molar-refractivity contribution >= 4 is 11.6 Å². The lowest BCUT2D eigenvalue weighted by Gasteiger charge is -2.24. The highest BCUT2D eigenvalue weighted by Gasteiger charge is 2.20. The van der Waals surface area contributed by atoms with Crippen molar-refractivity contribution in [2.45, 2.75) is 59.5 Å². The van der Waals surface area contributed by atoms with Crippen molar-refractivity contribution in [1.29, 1.82) is 0 Å². The average molecular weight is 524 g/mol. The first-order chi connectivity index (χ1) is 17.9. The second-order valence-corrected chi connectivity index (χ2v) is 9.56. The second-order valence-electron chi connectivity index (χ2n) is 9.20. The zero-order valence-electron chi connectivity index (χ0n) is 21.2. The molecule has 37 heavy (non-hydrogen) atoms. The van der Waals surface area contributed by atoms with Gasteiger partial charge in [-0.1, -0.05) is 97.2 Å². The Bertz CT molecular complexity index is 1280. The second kappa shape index (κ2) is 12.8. The van der Waals surface area contributed by atoms with E-state index in [0.29, 0.717) is 24.8 Å². The van der Waals surface area contributed by atoms with Gasteiger partial charge in [0.05, 0.1) is 5.69 Å². The fourth-order valence-electron chi connectivity index (χ4n) is 4.46. The number of aryl methyl sites for hydroxylation is 1. The first-order valence-corrected chi connectivity index (χ1v) is 12.9. The Morgan fingerprint density at radius 2 is 1.65 bits per heavy atom. The van der Waals surface area contributed by atoms with Crippen molar-refractivity contribution in [3.05, 3.63) is 106 Å². The lowest BCUT2D eigenvalue weighted by Crippen LogP contribution is -2.24. The van der Waals surface area contributed by atoms with Crippen LogP contribution in [0.3, 0.4) is 0 Å². The Morgan fingerprint density at radius 1 is 0.919 bits per heavy atom. The maximum absolute atomic E-state index is 12.6. The number of nitrogens with zero attached hydrogens (tertiary/aromatic N) is 3. The van der Waals surface area contributed by atoms with Crippen LogP contribution in [0.25, 0.3) is 11.4 Å². The predicted octanol–water partition coefficient (Wildman–Crippen LogP) is 8.12. The molecule has 0 saturated carbocycles. The number of halogens is 3. The number of alkyl halides is 2. The number of benzene rings is 3. The number of hydrogen-bond donors (Lipinski definition) is 0. The molecule has 194 valence electrons. The number of aromatic nitrogens is 2. The van der Waals surface area contributed by atoms with Crippen LogP contribution in [0.2, 0.25) is 5.15 Å². The molecule has 0 aliphatic heterocycles. The topological polar surface area (TPSA) is 30.3 Å². The molecule has 0 atom stereocenters. The first-order valence-electron chi connectivity index (χ1n) is 12.5. The lowest BCUT2D eigenvalue weighted by atomic mass is 10.1. The minimum atomic E-state index is -2.84. The van der Waals surface area contributed by atoms with Gasteiger partial charge in [-0.3, -0.25) is 4.90 Å². The molecule has 4 rings (SSSR count). The van der Waals surface area contributed by atoms with Crippen molar-refractivity contribution in [1.82, 2.24) is 14.5 Å². The fraction of sp³-hybridized carbons (Fsp3) is 0.300. The van der Waals surface area contributed by atoms with Gasteiger partial charge >= 0.3 is 6.61 Å². The van der Waals surface area contributed by atoms with Gasteiger partial charge in [0.1, 0.15) is 11.6 Å². The summed E-state index contributed by atoms with van der Waals surface area (Å²) in [5.41, 5.74) is 5.39. The third-order valence-corrected chi connectivity index (χ3v) is 6.51. The van der Waals surface area contributed by atoms with Crippen molar-refractivity contribution in [2.75, 3.05) is 0 Å². The highest BCUT2D eigenvalue weighted by molar-refractivity contribution is 6.30. The van der Waals surface area contributed by atoms with E-state index < -0.39 is 6.61 Å². The van der Waals surface area contributed by atoms with Crippen molar-refractivity contribution < 1.29 is 13.5 Å². The van der Waals surface area contributed by atoms with Crippen LogP contribution in [0.5, 0.6) is 5.75 Å². The normalized spacial score (nSPS) is 11.4. The smallest absolute Gasteiger partial charge is 0.387 e. The first kappa shape index (κ1) is 26.8. The monoisotopic (exact) mass is 523 g/mol. The van der Waals surface area contributed by atoms with Crippen molar-refractivity contribution in [3.63, 3.8) is 0 Å². The molecule has 4 nitrogen and oxygen atoms in total. The molecule has 0 spiro atoms. The summed E-state index contributed by atoms with van der Waals surface area (Å²) in [6.45, 7) is 4.14. The molecule has 0 N–H and O–H groups in total. The zero-order chi connectivity index (χ0) is 26.2. The molecular weight excluding hydrogens is 492 g/mol. The van der Waals surface area contributed by atoms with Crippen molar-refractivity contribution in [3.8, 4) is 17.1 Å². The summed E-state index contributed by atoms with van der Waals surface area (Å²) in [5, 5.41) is 0.505. The van der Waals surface area contributed by atoms with Gasteiger partial charge in [-0.25, -0.2) is 4.98 Å². The maximum Gasteiger partial charge on any atom is 0.387 e. The molecule has 0 aliphatic carbocycles. The number of imidazole rings is 1. The van der Waals surface area contributed by atoms with Gasteiger partial charge in [0.2, 0.25) is 0 Å². The molecule has 0 aliphatic rings. The highest BCUT2D eigenvalue weighted by Crippen LogP contribution is 2.28. The van der Waals surface area contributed by atoms with Gasteiger partial charge < -0.3 is 9.30 Å². The third-order valence-electron chi connectivity index (χ3n) is 6.21. The highest BCUT2D eigenvalue weighted by atomic mass is 35.5. The van der Waals surface area contributed by atoms with Crippen LogP contribution in [0, 0.1) is 6.92 Å². The summed E-state index contributed by atoms with van der Waals surface area (Å²) in [6, 6.07) is 25.4. The Hall–Kier alpha value is -3.22. The molecule has 7 heteroatoms. The van der Waals surface area contributed by atoms with Gasteiger partial charge in [-0.2, -0.15) is 8.78 Å². The standard InChI is InChI=1S/C30H32ClF2N3O/c1-3-4-17-36-27(28(31)34-29(36)25-11-6-5-7-12-25)21-35(20-24-10-8-9-22(2)18-24)19-23-13-15-26(16-14-23)37-30(32)33/h5-16,18,30H,3-4,17,19-21H2,1-2H3. The number of ether oxygens (including phenoxy) is 1. The largest absolute Gasteiger partial charge is 0.435 e. The summed E-state index contributed by atoms with van der Waals surface area (Å²) >= 11 is 6.78. The van der Waals surface area contributed by atoms with E-state index in [1.165, 1.54) is 11.1 Å². The van der Waals surface area contributed by atoms with Gasteiger partial charge in [0.25, 0.3) is 0 Å². The van der Waals surface area contributed by atoms with Gasteiger partial charge in [0.15, 0.2) is 5.15 Å². The van der Waals surface area contributed by atoms with Crippen LogP contribution in [0.15, 0.2) is 78.9 Å². The van der Waals surface area contributed by atoms with E-state index in [-0.39, 0.29) is 5.75 Å². The van der Waals surface area contributed by atoms with Crippen LogP contribution in [-0.4, -0.2) is 21.1 Å². The molecule has 0 amide bonds. The quantitative estimate of drug-likeness (QED) is 0.188. The van der Waals surface area contributed by atoms with E-state index in [4.69, 9.17) is 16.6 Å². The number of rotatable bonds is 12. The van der Waals surface area contributed by atoms with E-state index in [1.807, 2.05) is 30.3 Å². The van der Waals surface area contributed by atoms with Crippen LogP contribution in [-0.2, 0) is 26.2 Å². The Labute approximate surface area is 222 Å². The molecule has 1 heterocycles. The van der Waals surface area contributed by atoms with E-state index >= 15 is 0 Å². The van der Waals surface area contributed by atoms with E-state index in [2.05, 4.69) is 64.4 Å². The summed E-state index contributed by atoms with van der Waals surface area (Å²) in [7, 11) is 0. The fourth-order valence-corrected chi connectivity index (χ4v) is 4.70. The molecule has 0 fully saturated rings. The Balaban J connectivity index is 1.66. The zero-order valence-corrected chi connectivity index (χ0v) is 22.0. The van der Waals surface area contributed by atoms with Gasteiger partial charge in [-0.15, -0.1) is 0 Å². The minimum Gasteiger partial charge on any atom is -0.435 e. The molecular formula is C30H32ClF2N3O. The molecule has 4 aromatic rings. The van der Waals surface area contributed by atoms with Gasteiger partial charge in [-0.05, 0) is 36.6 Å². The molecule has 0 radical (unpaired) electrons. The van der Waals surface area contributed by atoms with Gasteiger partial charge in [0, 0.05) is 31.7 Å². The van der Waals surface area contributed by atoms with Crippen LogP contribution in [0.1, 0.15) is 42.1 Å². The number of unbranched alkanes of at least 4 members (excludes halogenated alkanes) is 1. The summed E-state index contributed by atoms with van der Waals surface area (Å²) in [6.07, 6.45) is 2.08. The summed E-state index contributed by atoms with van der Waals surface area (Å²) < 4.78 is 31.9. The Morgan fingerprint density at radius 3 is 2.32 bits per heavy atom. The van der Waals surface area contributed by atoms with Crippen molar-refractivity contribution in [2.24, 2.45) is 0 Å². The molecule has 3 aromatic carbocycles. The average Bonchev–Trinajstić information content (AvgIpc) is 3.19. The number of hydrogen-bond acceptors (Lipinski definition) is 3. The molecule has 0 unspecified atom stereocenters. The van der Waals surface area contributed by atoms with E-state index in [1.54, 1.807) is 12.1 Å². The summed E-state index contributed by atoms with van der Waals surface area (Å²) in [5.74, 6) is 1.02. The van der Waals surface area contributed by atoms with Crippen LogP contribution < -0.4 is 4.74 Å². The summed E-state index contributed by atoms with van der Waals surface area (Å²) in [4.78, 5) is 7.07. The molecule has 0 saturated heterocycles. The lowest BCUT2D eigenvalue weighted by molar-refractivity contribution is -0.0498. The van der Waals surface area contributed by atoms with Crippen LogP contribution in [0.4, 0.5) is 8.78 Å². The Kier molecular flexibility index (Phi) is 9.31. The van der Waals surface area contributed by atoms with Crippen LogP contribution >= 0.6 is 11.6 Å². The maximum atomic E-state index is 12.6.